The van der Waals surface area contributed by atoms with E-state index in [9.17, 15) is 9.59 Å². The van der Waals surface area contributed by atoms with Gasteiger partial charge in [-0.3, -0.25) is 4.79 Å². The van der Waals surface area contributed by atoms with E-state index in [0.717, 1.165) is 18.4 Å². The first-order chi connectivity index (χ1) is 12.5. The van der Waals surface area contributed by atoms with E-state index in [0.29, 0.717) is 17.8 Å². The number of aryl methyl sites for hydroxylation is 2. The summed E-state index contributed by atoms with van der Waals surface area (Å²) in [5, 5.41) is 8.45. The van der Waals surface area contributed by atoms with E-state index in [2.05, 4.69) is 34.1 Å². The van der Waals surface area contributed by atoms with Crippen molar-refractivity contribution >= 4 is 17.6 Å². The number of carbonyl (C=O) groups excluding carboxylic acids is 2. The lowest BCUT2D eigenvalue weighted by atomic mass is 10.1. The molecule has 3 amide bonds. The molecule has 0 spiro atoms. The zero-order valence-corrected chi connectivity index (χ0v) is 15.3. The fraction of sp³-hybridized carbons (Fsp3) is 0.333. The maximum atomic E-state index is 12.6. The summed E-state index contributed by atoms with van der Waals surface area (Å²) in [5.74, 6) is -0.203. The van der Waals surface area contributed by atoms with Gasteiger partial charge >= 0.3 is 6.03 Å². The van der Waals surface area contributed by atoms with Gasteiger partial charge in [0, 0.05) is 12.6 Å². The Balaban J connectivity index is 1.65. The number of para-hydroxylation sites is 1. The number of anilines is 1. The molecule has 2 aromatic carbocycles. The topological polar surface area (TPSA) is 70.2 Å². The quantitative estimate of drug-likeness (QED) is 0.770. The fourth-order valence-corrected chi connectivity index (χ4v) is 3.22. The Hall–Kier alpha value is -2.82. The van der Waals surface area contributed by atoms with E-state index in [1.54, 1.807) is 24.3 Å². The highest BCUT2D eigenvalue weighted by Crippen LogP contribution is 2.23. The lowest BCUT2D eigenvalue weighted by Crippen LogP contribution is -2.35. The van der Waals surface area contributed by atoms with E-state index in [1.807, 2.05) is 13.8 Å². The summed E-state index contributed by atoms with van der Waals surface area (Å²) in [4.78, 5) is 24.5. The lowest BCUT2D eigenvalue weighted by Gasteiger charge is -2.14. The van der Waals surface area contributed by atoms with E-state index in [-0.39, 0.29) is 18.0 Å². The first-order valence-corrected chi connectivity index (χ1v) is 9.08. The van der Waals surface area contributed by atoms with Crippen LogP contribution < -0.4 is 16.0 Å². The van der Waals surface area contributed by atoms with Gasteiger partial charge in [-0.25, -0.2) is 4.79 Å². The molecule has 0 aliphatic heterocycles. The molecule has 0 aromatic heterocycles. The van der Waals surface area contributed by atoms with Crippen LogP contribution in [-0.2, 0) is 19.4 Å². The van der Waals surface area contributed by atoms with Crippen molar-refractivity contribution in [2.24, 2.45) is 0 Å². The molecular weight excluding hydrogens is 326 g/mol. The summed E-state index contributed by atoms with van der Waals surface area (Å²) in [5.41, 5.74) is 4.86. The molecular formula is C21H25N3O2. The number of fused-ring (bicyclic) bond motifs is 1. The summed E-state index contributed by atoms with van der Waals surface area (Å²) in [6, 6.07) is 13.1. The Kier molecular flexibility index (Phi) is 5.56. The fourth-order valence-electron chi connectivity index (χ4n) is 3.22. The van der Waals surface area contributed by atoms with Crippen LogP contribution >= 0.6 is 0 Å². The summed E-state index contributed by atoms with van der Waals surface area (Å²) in [6.07, 6.45) is 3.48. The van der Waals surface area contributed by atoms with Crippen molar-refractivity contribution in [3.05, 3.63) is 64.7 Å². The average molecular weight is 351 g/mol. The van der Waals surface area contributed by atoms with Crippen molar-refractivity contribution in [3.63, 3.8) is 0 Å². The number of hydrogen-bond acceptors (Lipinski definition) is 2. The molecule has 0 fully saturated rings. The zero-order chi connectivity index (χ0) is 18.5. The molecule has 0 unspecified atom stereocenters. The zero-order valence-electron chi connectivity index (χ0n) is 15.3. The van der Waals surface area contributed by atoms with Gasteiger partial charge < -0.3 is 16.0 Å². The van der Waals surface area contributed by atoms with Crippen molar-refractivity contribution in [1.82, 2.24) is 10.6 Å². The first-order valence-electron chi connectivity index (χ1n) is 9.08. The number of nitrogens with one attached hydrogen (secondary N) is 3. The van der Waals surface area contributed by atoms with Crippen LogP contribution in [0.25, 0.3) is 0 Å². The molecule has 26 heavy (non-hydrogen) atoms. The summed E-state index contributed by atoms with van der Waals surface area (Å²) < 4.78 is 0. The average Bonchev–Trinajstić information content (AvgIpc) is 3.07. The third-order valence-electron chi connectivity index (χ3n) is 4.46. The Morgan fingerprint density at radius 1 is 1.04 bits per heavy atom. The maximum Gasteiger partial charge on any atom is 0.319 e. The van der Waals surface area contributed by atoms with Gasteiger partial charge in [-0.15, -0.1) is 0 Å². The number of amides is 3. The third-order valence-corrected chi connectivity index (χ3v) is 4.46. The van der Waals surface area contributed by atoms with Crippen LogP contribution in [0.15, 0.2) is 42.5 Å². The molecule has 0 heterocycles. The predicted octanol–water partition coefficient (Wildman–Crippen LogP) is 3.64. The Bertz CT molecular complexity index is 815. The second kappa shape index (κ2) is 8.04. The molecule has 1 aliphatic rings. The molecule has 0 saturated carbocycles. The van der Waals surface area contributed by atoms with Gasteiger partial charge in [0.2, 0.25) is 0 Å². The van der Waals surface area contributed by atoms with Gasteiger partial charge in [-0.05, 0) is 61.9 Å². The molecule has 3 rings (SSSR count). The van der Waals surface area contributed by atoms with E-state index >= 15 is 0 Å². The minimum Gasteiger partial charge on any atom is -0.348 e. The third kappa shape index (κ3) is 4.42. The lowest BCUT2D eigenvalue weighted by molar-refractivity contribution is 0.0952. The maximum absolute atomic E-state index is 12.6. The van der Waals surface area contributed by atoms with Crippen LogP contribution in [0, 0.1) is 0 Å². The normalized spacial score (nSPS) is 12.6. The van der Waals surface area contributed by atoms with E-state index in [4.69, 9.17) is 0 Å². The van der Waals surface area contributed by atoms with Crippen LogP contribution in [-0.4, -0.2) is 18.0 Å². The van der Waals surface area contributed by atoms with Crippen molar-refractivity contribution in [2.75, 3.05) is 5.32 Å². The van der Waals surface area contributed by atoms with Crippen molar-refractivity contribution in [2.45, 2.75) is 45.7 Å². The molecule has 5 nitrogen and oxygen atoms in total. The molecule has 1 aliphatic carbocycles. The van der Waals surface area contributed by atoms with Gasteiger partial charge in [0.1, 0.15) is 0 Å². The van der Waals surface area contributed by atoms with Crippen LogP contribution in [0.2, 0.25) is 0 Å². The molecule has 0 saturated heterocycles. The highest BCUT2D eigenvalue weighted by molar-refractivity contribution is 6.03. The molecule has 5 heteroatoms. The first kappa shape index (κ1) is 18.0. The largest absolute Gasteiger partial charge is 0.348 e. The van der Waals surface area contributed by atoms with Gasteiger partial charge in [-0.1, -0.05) is 30.3 Å². The molecule has 0 radical (unpaired) electrons. The van der Waals surface area contributed by atoms with Gasteiger partial charge in [0.05, 0.1) is 11.3 Å². The number of urea groups is 1. The monoisotopic (exact) mass is 351 g/mol. The van der Waals surface area contributed by atoms with Gasteiger partial charge in [0.15, 0.2) is 0 Å². The highest BCUT2D eigenvalue weighted by atomic mass is 16.2. The van der Waals surface area contributed by atoms with Crippen molar-refractivity contribution < 1.29 is 9.59 Å². The predicted molar refractivity (Wildman–Crippen MR) is 103 cm³/mol. The van der Waals surface area contributed by atoms with Crippen molar-refractivity contribution in [3.8, 4) is 0 Å². The second-order valence-electron chi connectivity index (χ2n) is 6.94. The molecule has 136 valence electrons. The Morgan fingerprint density at radius 2 is 1.81 bits per heavy atom. The van der Waals surface area contributed by atoms with E-state index in [1.165, 1.54) is 17.5 Å². The highest BCUT2D eigenvalue weighted by Gasteiger charge is 2.14. The minimum absolute atomic E-state index is 0.0239. The van der Waals surface area contributed by atoms with Crippen LogP contribution in [0.1, 0.15) is 47.3 Å². The second-order valence-corrected chi connectivity index (χ2v) is 6.94. The number of carbonyl (C=O) groups is 2. The summed E-state index contributed by atoms with van der Waals surface area (Å²) in [7, 11) is 0. The number of hydrogen-bond donors (Lipinski definition) is 3. The minimum atomic E-state index is -0.320. The van der Waals surface area contributed by atoms with Crippen LogP contribution in [0.5, 0.6) is 0 Å². The number of rotatable bonds is 5. The van der Waals surface area contributed by atoms with Gasteiger partial charge in [-0.2, -0.15) is 0 Å². The Labute approximate surface area is 154 Å². The Morgan fingerprint density at radius 3 is 2.62 bits per heavy atom. The molecule has 2 aromatic rings. The SMILES string of the molecule is CC(C)NC(=O)Nc1ccccc1C(=O)NCc1ccc2c(c1)CCC2. The smallest absolute Gasteiger partial charge is 0.319 e. The number of benzene rings is 2. The molecule has 0 atom stereocenters. The van der Waals surface area contributed by atoms with Crippen LogP contribution in [0.3, 0.4) is 0 Å². The molecule has 0 bridgehead atoms. The summed E-state index contributed by atoms with van der Waals surface area (Å²) >= 11 is 0. The molecule has 3 N–H and O–H groups in total. The van der Waals surface area contributed by atoms with Crippen molar-refractivity contribution in [1.29, 1.82) is 0 Å². The van der Waals surface area contributed by atoms with Crippen LogP contribution in [0.4, 0.5) is 10.5 Å². The van der Waals surface area contributed by atoms with E-state index < -0.39 is 0 Å². The standard InChI is InChI=1S/C21H25N3O2/c1-14(2)23-21(26)24-19-9-4-3-8-18(19)20(25)22-13-15-10-11-16-6-5-7-17(16)12-15/h3-4,8-12,14H,5-7,13H2,1-2H3,(H,22,25)(H2,23,24,26). The van der Waals surface area contributed by atoms with Gasteiger partial charge in [0.25, 0.3) is 5.91 Å². The summed E-state index contributed by atoms with van der Waals surface area (Å²) in [6.45, 7) is 4.24.